The second kappa shape index (κ2) is 9.03. The van der Waals surface area contributed by atoms with Gasteiger partial charge in [-0.05, 0) is 41.5 Å². The lowest BCUT2D eigenvalue weighted by Gasteiger charge is -2.07. The van der Waals surface area contributed by atoms with Crippen molar-refractivity contribution in [1.82, 2.24) is 0 Å². The molecule has 0 bridgehead atoms. The zero-order valence-corrected chi connectivity index (χ0v) is 16.0. The average molecular weight is 389 g/mol. The lowest BCUT2D eigenvalue weighted by Crippen LogP contribution is -2.03. The number of hydrogen-bond acceptors (Lipinski definition) is 4. The summed E-state index contributed by atoms with van der Waals surface area (Å²) in [7, 11) is -3.86. The highest BCUT2D eigenvalue weighted by atomic mass is 32.2. The number of nitrogens with zero attached hydrogens (tertiary/aromatic N) is 1. The Balaban J connectivity index is 1.76. The van der Waals surface area contributed by atoms with Crippen molar-refractivity contribution in [2.45, 2.75) is 11.3 Å². The van der Waals surface area contributed by atoms with Crippen LogP contribution in [0.25, 0.3) is 6.08 Å². The van der Waals surface area contributed by atoms with Crippen molar-refractivity contribution >= 4 is 15.9 Å². The summed E-state index contributed by atoms with van der Waals surface area (Å²) >= 11 is 0. The number of sulfone groups is 1. The van der Waals surface area contributed by atoms with Gasteiger partial charge >= 0.3 is 0 Å². The van der Waals surface area contributed by atoms with Crippen molar-refractivity contribution in [3.8, 4) is 11.8 Å². The Morgan fingerprint density at radius 3 is 2.29 bits per heavy atom. The van der Waals surface area contributed by atoms with Gasteiger partial charge in [-0.1, -0.05) is 60.7 Å². The second-order valence-electron chi connectivity index (χ2n) is 6.09. The molecular formula is C23H19NO3S. The molecule has 0 heterocycles. The zero-order chi connectivity index (χ0) is 19.8. The smallest absolute Gasteiger partial charge is 0.216 e. The first-order chi connectivity index (χ1) is 13.6. The molecule has 0 N–H and O–H groups in total. The molecule has 0 fully saturated rings. The van der Waals surface area contributed by atoms with Crippen molar-refractivity contribution in [2.24, 2.45) is 0 Å². The van der Waals surface area contributed by atoms with E-state index < -0.39 is 9.84 Å². The number of allylic oxidation sites excluding steroid dienone is 1. The van der Waals surface area contributed by atoms with Crippen molar-refractivity contribution in [2.75, 3.05) is 6.61 Å². The Hall–Kier alpha value is -3.36. The van der Waals surface area contributed by atoms with Crippen LogP contribution in [-0.2, 0) is 16.3 Å². The molecule has 0 atom stereocenters. The number of benzene rings is 3. The standard InChI is InChI=1S/C23H19NO3S/c24-18-23(28(25,26)22-12-5-2-6-13-22)17-20-10-7-11-21(16-20)27-15-14-19-8-3-1-4-9-19/h1-13,16-17H,14-15H2. The van der Waals surface area contributed by atoms with Crippen molar-refractivity contribution in [3.05, 3.63) is 101 Å². The zero-order valence-electron chi connectivity index (χ0n) is 15.2. The highest BCUT2D eigenvalue weighted by Gasteiger charge is 2.20. The molecule has 140 valence electrons. The summed E-state index contributed by atoms with van der Waals surface area (Å²) in [4.78, 5) is -0.210. The Kier molecular flexibility index (Phi) is 6.25. The van der Waals surface area contributed by atoms with E-state index in [2.05, 4.69) is 0 Å². The van der Waals surface area contributed by atoms with Gasteiger partial charge in [0.2, 0.25) is 9.84 Å². The first-order valence-electron chi connectivity index (χ1n) is 8.78. The summed E-state index contributed by atoms with van der Waals surface area (Å²) in [5.41, 5.74) is 1.77. The van der Waals surface area contributed by atoms with Gasteiger partial charge in [0.15, 0.2) is 0 Å². The quantitative estimate of drug-likeness (QED) is 0.552. The number of nitriles is 1. The van der Waals surface area contributed by atoms with Crippen LogP contribution in [0.2, 0.25) is 0 Å². The van der Waals surface area contributed by atoms with Gasteiger partial charge < -0.3 is 4.74 Å². The first kappa shape index (κ1) is 19.4. The summed E-state index contributed by atoms with van der Waals surface area (Å²) in [6.07, 6.45) is 2.14. The molecule has 28 heavy (non-hydrogen) atoms. The Morgan fingerprint density at radius 2 is 1.61 bits per heavy atom. The Labute approximate surface area is 165 Å². The fourth-order valence-corrected chi connectivity index (χ4v) is 3.85. The van der Waals surface area contributed by atoms with Crippen LogP contribution in [-0.4, -0.2) is 15.0 Å². The van der Waals surface area contributed by atoms with E-state index in [9.17, 15) is 13.7 Å². The van der Waals surface area contributed by atoms with Gasteiger partial charge in [0.05, 0.1) is 11.5 Å². The summed E-state index contributed by atoms with van der Waals surface area (Å²) in [5.74, 6) is 0.624. The van der Waals surface area contributed by atoms with Crippen LogP contribution in [0, 0.1) is 11.3 Å². The fraction of sp³-hybridized carbons (Fsp3) is 0.0870. The first-order valence-corrected chi connectivity index (χ1v) is 10.3. The third-order valence-corrected chi connectivity index (χ3v) is 5.79. The van der Waals surface area contributed by atoms with Gasteiger partial charge in [0, 0.05) is 6.42 Å². The second-order valence-corrected chi connectivity index (χ2v) is 8.01. The van der Waals surface area contributed by atoms with Crippen LogP contribution in [0.5, 0.6) is 5.75 Å². The van der Waals surface area contributed by atoms with E-state index in [0.717, 1.165) is 6.42 Å². The van der Waals surface area contributed by atoms with E-state index in [4.69, 9.17) is 4.74 Å². The SMILES string of the molecule is N#CC(=Cc1cccc(OCCc2ccccc2)c1)S(=O)(=O)c1ccccc1. The maximum atomic E-state index is 12.7. The third kappa shape index (κ3) is 4.87. The van der Waals surface area contributed by atoms with Crippen LogP contribution in [0.1, 0.15) is 11.1 Å². The Morgan fingerprint density at radius 1 is 0.929 bits per heavy atom. The van der Waals surface area contributed by atoms with E-state index in [1.807, 2.05) is 30.3 Å². The largest absolute Gasteiger partial charge is 0.493 e. The minimum atomic E-state index is -3.86. The summed E-state index contributed by atoms with van der Waals surface area (Å²) < 4.78 is 31.1. The maximum Gasteiger partial charge on any atom is 0.216 e. The minimum absolute atomic E-state index is 0.0954. The molecule has 0 amide bonds. The molecular weight excluding hydrogens is 370 g/mol. The van der Waals surface area contributed by atoms with Crippen LogP contribution in [0.3, 0.4) is 0 Å². The molecule has 3 aromatic carbocycles. The van der Waals surface area contributed by atoms with Crippen LogP contribution >= 0.6 is 0 Å². The van der Waals surface area contributed by atoms with Gasteiger partial charge in [0.25, 0.3) is 0 Å². The molecule has 0 aliphatic rings. The number of ether oxygens (including phenoxy) is 1. The normalized spacial score (nSPS) is 11.6. The molecule has 0 saturated heterocycles. The van der Waals surface area contributed by atoms with Gasteiger partial charge in [-0.2, -0.15) is 5.26 Å². The number of hydrogen-bond donors (Lipinski definition) is 0. The molecule has 0 radical (unpaired) electrons. The molecule has 3 rings (SSSR count). The van der Waals surface area contributed by atoms with E-state index in [-0.39, 0.29) is 9.80 Å². The van der Waals surface area contributed by atoms with Gasteiger partial charge in [-0.15, -0.1) is 0 Å². The monoisotopic (exact) mass is 389 g/mol. The van der Waals surface area contributed by atoms with Crippen LogP contribution in [0.15, 0.2) is 94.7 Å². The molecule has 0 aliphatic heterocycles. The van der Waals surface area contributed by atoms with Crippen LogP contribution in [0.4, 0.5) is 0 Å². The summed E-state index contributed by atoms with van der Waals surface area (Å²) in [6.45, 7) is 0.505. The molecule has 0 aliphatic carbocycles. The lowest BCUT2D eigenvalue weighted by molar-refractivity contribution is 0.322. The van der Waals surface area contributed by atoms with Gasteiger partial charge in [0.1, 0.15) is 16.7 Å². The predicted molar refractivity (Wildman–Crippen MR) is 109 cm³/mol. The lowest BCUT2D eigenvalue weighted by atomic mass is 10.2. The van der Waals surface area contributed by atoms with Crippen LogP contribution < -0.4 is 4.74 Å². The summed E-state index contributed by atoms with van der Waals surface area (Å²) in [5, 5.41) is 9.39. The van der Waals surface area contributed by atoms with E-state index in [0.29, 0.717) is 17.9 Å². The topological polar surface area (TPSA) is 67.2 Å². The van der Waals surface area contributed by atoms with E-state index >= 15 is 0 Å². The minimum Gasteiger partial charge on any atom is -0.493 e. The van der Waals surface area contributed by atoms with E-state index in [1.54, 1.807) is 48.5 Å². The molecule has 0 saturated carbocycles. The highest BCUT2D eigenvalue weighted by molar-refractivity contribution is 7.95. The molecule has 5 heteroatoms. The van der Waals surface area contributed by atoms with Crippen molar-refractivity contribution in [3.63, 3.8) is 0 Å². The summed E-state index contributed by atoms with van der Waals surface area (Å²) in [6, 6.07) is 26.8. The fourth-order valence-electron chi connectivity index (χ4n) is 2.67. The maximum absolute atomic E-state index is 12.7. The van der Waals surface area contributed by atoms with Crippen molar-refractivity contribution < 1.29 is 13.2 Å². The highest BCUT2D eigenvalue weighted by Crippen LogP contribution is 2.22. The number of rotatable bonds is 7. The van der Waals surface area contributed by atoms with Gasteiger partial charge in [-0.3, -0.25) is 0 Å². The molecule has 0 unspecified atom stereocenters. The van der Waals surface area contributed by atoms with E-state index in [1.165, 1.54) is 23.8 Å². The van der Waals surface area contributed by atoms with Gasteiger partial charge in [-0.25, -0.2) is 8.42 Å². The molecule has 4 nitrogen and oxygen atoms in total. The predicted octanol–water partition coefficient (Wildman–Crippen LogP) is 4.65. The molecule has 0 spiro atoms. The molecule has 0 aromatic heterocycles. The third-order valence-electron chi connectivity index (χ3n) is 4.11. The Bertz CT molecular complexity index is 1100. The van der Waals surface area contributed by atoms with Crippen molar-refractivity contribution in [1.29, 1.82) is 5.26 Å². The molecule has 3 aromatic rings. The average Bonchev–Trinajstić information content (AvgIpc) is 2.73.